The van der Waals surface area contributed by atoms with Gasteiger partial charge < -0.3 is 57.0 Å². The monoisotopic (exact) mass is 1100 g/mol. The molecule has 0 unspecified atom stereocenters. The molecule has 0 saturated carbocycles. The first-order chi connectivity index (χ1) is 36.1. The fraction of sp³-hybridized carbons (Fsp3) is 0.696. The maximum Gasteiger partial charge on any atom is 0.407 e. The summed E-state index contributed by atoms with van der Waals surface area (Å²) >= 11 is 1.08. The fourth-order valence-electron chi connectivity index (χ4n) is 9.01. The molecule has 1 aliphatic rings. The predicted molar refractivity (Wildman–Crippen MR) is 298 cm³/mol. The van der Waals surface area contributed by atoms with E-state index in [4.69, 9.17) is 30.7 Å². The van der Waals surface area contributed by atoms with Crippen LogP contribution in [0.4, 0.5) is 14.9 Å². The van der Waals surface area contributed by atoms with Crippen LogP contribution in [0.15, 0.2) is 35.7 Å². The summed E-state index contributed by atoms with van der Waals surface area (Å²) in [5.41, 5.74) is 9.83. The Bertz CT molecular complexity index is 2260. The van der Waals surface area contributed by atoms with Crippen LogP contribution >= 0.6 is 11.3 Å². The normalized spacial score (nSPS) is 16.3. The highest BCUT2D eigenvalue weighted by Crippen LogP contribution is 2.33. The topological polar surface area (TPSA) is 270 Å². The lowest BCUT2D eigenvalue weighted by atomic mass is 9.84. The molecular weight excluding hydrogens is 1010 g/mol. The lowest BCUT2D eigenvalue weighted by molar-refractivity contribution is -0.147. The van der Waals surface area contributed by atoms with Crippen molar-refractivity contribution in [1.29, 1.82) is 0 Å². The summed E-state index contributed by atoms with van der Waals surface area (Å²) in [6.07, 6.45) is 4.81. The van der Waals surface area contributed by atoms with Gasteiger partial charge in [-0.15, -0.1) is 11.3 Å². The Hall–Kier alpha value is -5.22. The number of thiazole rings is 1. The molecule has 6 atom stereocenters. The first kappa shape index (κ1) is 66.1. The maximum absolute atomic E-state index is 15.2. The van der Waals surface area contributed by atoms with Crippen LogP contribution in [-0.2, 0) is 39.8 Å². The van der Waals surface area contributed by atoms with Gasteiger partial charge in [0.15, 0.2) is 6.10 Å². The van der Waals surface area contributed by atoms with Crippen molar-refractivity contribution in [3.63, 3.8) is 0 Å². The molecule has 1 fully saturated rings. The van der Waals surface area contributed by atoms with Crippen LogP contribution in [0.2, 0.25) is 0 Å². The third-order valence-electron chi connectivity index (χ3n) is 14.0. The number of carbonyl (C=O) groups is 6. The van der Waals surface area contributed by atoms with Crippen LogP contribution in [0.25, 0.3) is 0 Å². The minimum Gasteiger partial charge on any atom is -0.481 e. The summed E-state index contributed by atoms with van der Waals surface area (Å²) in [7, 11) is 1.93. The molecule has 2 heterocycles. The van der Waals surface area contributed by atoms with Crippen LogP contribution in [-0.4, -0.2) is 140 Å². The van der Waals surface area contributed by atoms with Crippen LogP contribution < -0.4 is 32.7 Å². The maximum atomic E-state index is 15.2. The number of nitrogens with two attached hydrogens (primary N) is 2. The van der Waals surface area contributed by atoms with Crippen LogP contribution in [0.3, 0.4) is 0 Å². The minimum absolute atomic E-state index is 0.00106. The van der Waals surface area contributed by atoms with Gasteiger partial charge in [0.1, 0.15) is 29.3 Å². The predicted octanol–water partition coefficient (Wildman–Crippen LogP) is 7.35. The Morgan fingerprint density at radius 2 is 1.68 bits per heavy atom. The zero-order chi connectivity index (χ0) is 57.7. The number of carboxylic acid groups (broad SMARTS) is 1. The fourth-order valence-corrected chi connectivity index (χ4v) is 9.85. The van der Waals surface area contributed by atoms with E-state index in [2.05, 4.69) is 34.8 Å². The zero-order valence-electron chi connectivity index (χ0n) is 47.8. The number of carboxylic acids is 1. The number of likely N-dealkylation sites (N-methyl/N-ethyl adjacent to an activating group) is 1. The molecule has 434 valence electrons. The number of nitrogens with zero attached hydrogens (tertiary/aromatic N) is 3. The van der Waals surface area contributed by atoms with Gasteiger partial charge in [0, 0.05) is 41.8 Å². The SMILES string of the molecule is C=C(C)[C@@H](C[C@@H](OC(=O)NCC(C)(C)COCC(C)(C)COCNC(=O)CN)c1nc(C(=O)N[C@@H](Cc2ccc(N)c(F)c2)CC(C)(C)C(=O)O)cs1)N(CCCCCC)C(=O)[C@@H](NC(=O)[C@H]1CCCCN1C)[C@@H](C)CC. The van der Waals surface area contributed by atoms with Gasteiger partial charge in [-0.2, -0.15) is 0 Å². The highest BCUT2D eigenvalue weighted by atomic mass is 32.1. The third-order valence-corrected chi connectivity index (χ3v) is 14.9. The second kappa shape index (κ2) is 31.4. The zero-order valence-corrected chi connectivity index (χ0v) is 48.6. The number of unbranched alkanes of at least 4 members (excludes halogenated alkanes) is 3. The van der Waals surface area contributed by atoms with Gasteiger partial charge in [-0.3, -0.25) is 28.9 Å². The van der Waals surface area contributed by atoms with Crippen molar-refractivity contribution >= 4 is 52.7 Å². The van der Waals surface area contributed by atoms with E-state index in [0.29, 0.717) is 50.2 Å². The van der Waals surface area contributed by atoms with Gasteiger partial charge in [-0.1, -0.05) is 98.8 Å². The average Bonchev–Trinajstić information content (AvgIpc) is 3.87. The van der Waals surface area contributed by atoms with E-state index in [0.717, 1.165) is 50.0 Å². The standard InChI is InChI=1S/C56H92FN9O10S/c1-13-15-16-18-24-66(51(70)47(37(5)14-2)64-49(69)43-20-17-19-23-65(43)12)44(36(3)4)27-45(76-53(73)60-31-54(6,7)32-74-33-55(8,9)34-75-35-61-46(67)29-58)50-63-42(30-77-50)48(68)62-39(28-56(10,11)52(71)72)25-38-21-22-41(59)40(57)26-38/h21-22,26,30,37,39,43-45,47H,3,13-20,23-25,27-29,31-35,58-59H2,1-2,4-12H3,(H,60,73)(H,61,67)(H,62,68)(H,64,69)(H,71,72)/t37-,39-,43+,44+,45+,47-/m0/s1. The number of rotatable bonds is 34. The number of halogens is 1. The summed E-state index contributed by atoms with van der Waals surface area (Å²) < 4.78 is 32.6. The molecule has 1 aliphatic heterocycles. The number of hydrogen-bond acceptors (Lipinski definition) is 14. The number of alkyl carbamates (subject to hydrolysis) is 1. The lowest BCUT2D eigenvalue weighted by Crippen LogP contribution is -2.58. The van der Waals surface area contributed by atoms with Crippen LogP contribution in [0.5, 0.6) is 0 Å². The average molecular weight is 1100 g/mol. The number of carbonyl (C=O) groups excluding carboxylic acids is 5. The second-order valence-electron chi connectivity index (χ2n) is 23.1. The Kier molecular flexibility index (Phi) is 26.9. The molecule has 77 heavy (non-hydrogen) atoms. The number of likely N-dealkylation sites (tertiary alicyclic amines) is 1. The molecule has 0 bridgehead atoms. The van der Waals surface area contributed by atoms with Gasteiger partial charge in [0.05, 0.1) is 49.6 Å². The first-order valence-electron chi connectivity index (χ1n) is 27.2. The molecule has 0 aliphatic carbocycles. The molecule has 0 radical (unpaired) electrons. The highest BCUT2D eigenvalue weighted by molar-refractivity contribution is 7.09. The summed E-state index contributed by atoms with van der Waals surface area (Å²) in [6, 6.07) is 1.56. The number of hydrogen-bond donors (Lipinski definition) is 7. The molecule has 1 aromatic heterocycles. The third kappa shape index (κ3) is 22.2. The van der Waals surface area contributed by atoms with Gasteiger partial charge in [0.2, 0.25) is 17.7 Å². The van der Waals surface area contributed by atoms with E-state index < -0.39 is 64.3 Å². The van der Waals surface area contributed by atoms with E-state index in [1.807, 2.05) is 60.4 Å². The van der Waals surface area contributed by atoms with Crippen molar-refractivity contribution in [1.82, 2.24) is 36.1 Å². The summed E-state index contributed by atoms with van der Waals surface area (Å²) in [4.78, 5) is 89.7. The Balaban J connectivity index is 2.01. The van der Waals surface area contributed by atoms with E-state index in [1.54, 1.807) is 24.8 Å². The Labute approximate surface area is 460 Å². The van der Waals surface area contributed by atoms with Crippen molar-refractivity contribution in [3.8, 4) is 0 Å². The lowest BCUT2D eigenvalue weighted by Gasteiger charge is -2.39. The molecular formula is C56H92FN9O10S. The number of piperidine rings is 1. The molecule has 19 nitrogen and oxygen atoms in total. The molecule has 3 rings (SSSR count). The van der Waals surface area contributed by atoms with E-state index in [9.17, 15) is 33.5 Å². The molecule has 2 aromatic rings. The largest absolute Gasteiger partial charge is 0.481 e. The number of amides is 5. The molecule has 1 aromatic carbocycles. The Morgan fingerprint density at radius 1 is 0.987 bits per heavy atom. The van der Waals surface area contributed by atoms with Crippen molar-refractivity contribution in [3.05, 3.63) is 57.8 Å². The number of anilines is 1. The minimum atomic E-state index is -1.28. The van der Waals surface area contributed by atoms with Crippen LogP contribution in [0, 0.1) is 28.0 Å². The van der Waals surface area contributed by atoms with Gasteiger partial charge >= 0.3 is 12.1 Å². The second-order valence-corrected chi connectivity index (χ2v) is 24.0. The van der Waals surface area contributed by atoms with Crippen molar-refractivity contribution in [2.24, 2.45) is 27.9 Å². The van der Waals surface area contributed by atoms with Crippen molar-refractivity contribution in [2.75, 3.05) is 65.5 Å². The number of aliphatic carboxylic acids is 1. The van der Waals surface area contributed by atoms with E-state index >= 15 is 4.79 Å². The molecule has 9 N–H and O–H groups in total. The van der Waals surface area contributed by atoms with E-state index in [-0.39, 0.29) is 91.8 Å². The summed E-state index contributed by atoms with van der Waals surface area (Å²) in [5.74, 6) is -3.37. The molecule has 1 saturated heterocycles. The molecule has 21 heteroatoms. The molecule has 0 spiro atoms. The number of nitrogen functional groups attached to an aromatic ring is 1. The van der Waals surface area contributed by atoms with E-state index in [1.165, 1.54) is 17.5 Å². The quantitative estimate of drug-likeness (QED) is 0.0156. The Morgan fingerprint density at radius 3 is 2.30 bits per heavy atom. The van der Waals surface area contributed by atoms with Crippen molar-refractivity contribution < 1.29 is 52.5 Å². The number of benzene rings is 1. The van der Waals surface area contributed by atoms with Gasteiger partial charge in [-0.05, 0) is 90.1 Å². The smallest absolute Gasteiger partial charge is 0.407 e. The number of nitrogens with one attached hydrogen (secondary N) is 4. The molecule has 5 amide bonds. The number of aromatic nitrogens is 1. The van der Waals surface area contributed by atoms with Gasteiger partial charge in [-0.25, -0.2) is 14.2 Å². The van der Waals surface area contributed by atoms with Crippen LogP contribution in [0.1, 0.15) is 161 Å². The highest BCUT2D eigenvalue weighted by Gasteiger charge is 2.39. The summed E-state index contributed by atoms with van der Waals surface area (Å²) in [5, 5.41) is 23.3. The first-order valence-corrected chi connectivity index (χ1v) is 28.1. The number of ether oxygens (including phenoxy) is 3. The van der Waals surface area contributed by atoms with Gasteiger partial charge in [0.25, 0.3) is 5.91 Å². The van der Waals surface area contributed by atoms with Crippen molar-refractivity contribution in [2.45, 2.75) is 170 Å². The summed E-state index contributed by atoms with van der Waals surface area (Å²) in [6.45, 7) is 25.1.